The van der Waals surface area contributed by atoms with E-state index in [1.165, 1.54) is 0 Å². The summed E-state index contributed by atoms with van der Waals surface area (Å²) in [7, 11) is 0. The molecule has 3 N–H and O–H groups in total. The van der Waals surface area contributed by atoms with Crippen molar-refractivity contribution in [2.75, 3.05) is 5.32 Å². The summed E-state index contributed by atoms with van der Waals surface area (Å²) in [5.74, 6) is 1.35. The number of H-pyrrole nitrogens is 2. The van der Waals surface area contributed by atoms with Crippen molar-refractivity contribution in [3.63, 3.8) is 0 Å². The van der Waals surface area contributed by atoms with Crippen LogP contribution in [0.3, 0.4) is 0 Å². The Hall–Kier alpha value is -3.08. The lowest BCUT2D eigenvalue weighted by atomic mass is 10.1. The maximum atomic E-state index is 12.5. The minimum atomic E-state index is -0.0317. The van der Waals surface area contributed by atoms with E-state index in [4.69, 9.17) is 0 Å². The summed E-state index contributed by atoms with van der Waals surface area (Å²) < 4.78 is 0. The van der Waals surface area contributed by atoms with E-state index in [-0.39, 0.29) is 5.91 Å². The van der Waals surface area contributed by atoms with E-state index < -0.39 is 0 Å². The lowest BCUT2D eigenvalue weighted by Crippen LogP contribution is -2.14. The van der Waals surface area contributed by atoms with Crippen LogP contribution in [0.5, 0.6) is 0 Å². The van der Waals surface area contributed by atoms with Crippen molar-refractivity contribution >= 4 is 33.5 Å². The number of imidazole rings is 1. The first kappa shape index (κ1) is 16.4. The van der Waals surface area contributed by atoms with Crippen LogP contribution < -0.4 is 5.32 Å². The van der Waals surface area contributed by atoms with E-state index in [1.54, 1.807) is 0 Å². The Labute approximate surface area is 151 Å². The Kier molecular flexibility index (Phi) is 4.21. The van der Waals surface area contributed by atoms with Crippen molar-refractivity contribution in [2.45, 2.75) is 32.6 Å². The number of carbonyl (C=O) groups excluding carboxylic acids is 1. The topological polar surface area (TPSA) is 73.6 Å². The number of hydrogen-bond donors (Lipinski definition) is 3. The summed E-state index contributed by atoms with van der Waals surface area (Å²) in [6.45, 7) is 4.30. The molecule has 0 aliphatic heterocycles. The van der Waals surface area contributed by atoms with Crippen LogP contribution in [0.2, 0.25) is 0 Å². The van der Waals surface area contributed by atoms with Crippen LogP contribution in [0.25, 0.3) is 21.9 Å². The number of nitrogens with zero attached hydrogens (tertiary/aromatic N) is 1. The standard InChI is InChI=1S/C21H22N4O/c1-3-13(2)21-24-18-9-8-15(11-19(18)25-21)23-20(26)10-14-12-22-17-7-5-4-6-16(14)17/h4-9,11-13,22H,3,10H2,1-2H3,(H,23,26)(H,24,25). The Bertz CT molecular complexity index is 1080. The molecule has 1 atom stereocenters. The number of carbonyl (C=O) groups is 1. The predicted octanol–water partition coefficient (Wildman–Crippen LogP) is 4.74. The van der Waals surface area contributed by atoms with E-state index in [0.717, 1.165) is 45.4 Å². The average Bonchev–Trinajstić information content (AvgIpc) is 3.25. The molecule has 26 heavy (non-hydrogen) atoms. The number of hydrogen-bond acceptors (Lipinski definition) is 2. The summed E-state index contributed by atoms with van der Waals surface area (Å²) in [5.41, 5.74) is 4.70. The van der Waals surface area contributed by atoms with Crippen molar-refractivity contribution in [3.8, 4) is 0 Å². The third-order valence-corrected chi connectivity index (χ3v) is 4.89. The van der Waals surface area contributed by atoms with Gasteiger partial charge >= 0.3 is 0 Å². The molecule has 0 spiro atoms. The summed E-state index contributed by atoms with van der Waals surface area (Å²) in [6, 6.07) is 13.8. The Morgan fingerprint density at radius 2 is 2.04 bits per heavy atom. The van der Waals surface area contributed by atoms with E-state index >= 15 is 0 Å². The molecule has 0 saturated carbocycles. The van der Waals surface area contributed by atoms with Crippen molar-refractivity contribution < 1.29 is 4.79 Å². The van der Waals surface area contributed by atoms with Crippen LogP contribution >= 0.6 is 0 Å². The Balaban J connectivity index is 1.52. The number of nitrogens with one attached hydrogen (secondary N) is 3. The summed E-state index contributed by atoms with van der Waals surface area (Å²) in [4.78, 5) is 23.7. The SMILES string of the molecule is CCC(C)c1nc2ccc(NC(=O)Cc3c[nH]c4ccccc34)cc2[nH]1. The average molecular weight is 346 g/mol. The predicted molar refractivity (Wildman–Crippen MR) is 105 cm³/mol. The van der Waals surface area contributed by atoms with Crippen molar-refractivity contribution in [1.82, 2.24) is 15.0 Å². The van der Waals surface area contributed by atoms with Gasteiger partial charge in [0.2, 0.25) is 5.91 Å². The Morgan fingerprint density at radius 3 is 2.88 bits per heavy atom. The van der Waals surface area contributed by atoms with Gasteiger partial charge < -0.3 is 15.3 Å². The number of rotatable bonds is 5. The van der Waals surface area contributed by atoms with E-state index in [9.17, 15) is 4.79 Å². The second kappa shape index (κ2) is 6.67. The highest BCUT2D eigenvalue weighted by Crippen LogP contribution is 2.23. The second-order valence-corrected chi connectivity index (χ2v) is 6.75. The molecule has 132 valence electrons. The number of anilines is 1. The largest absolute Gasteiger partial charge is 0.361 e. The van der Waals surface area contributed by atoms with E-state index in [2.05, 4.69) is 34.1 Å². The molecule has 2 aromatic heterocycles. The summed E-state index contributed by atoms with van der Waals surface area (Å²) >= 11 is 0. The van der Waals surface area contributed by atoms with E-state index in [0.29, 0.717) is 12.3 Å². The van der Waals surface area contributed by atoms with E-state index in [1.807, 2.05) is 48.7 Å². The summed E-state index contributed by atoms with van der Waals surface area (Å²) in [6.07, 6.45) is 3.28. The number of benzene rings is 2. The van der Waals surface area contributed by atoms with Gasteiger partial charge in [0.05, 0.1) is 17.5 Å². The molecule has 0 aliphatic carbocycles. The highest BCUT2D eigenvalue weighted by atomic mass is 16.1. The van der Waals surface area contributed by atoms with Gasteiger partial charge in [-0.3, -0.25) is 4.79 Å². The molecular weight excluding hydrogens is 324 g/mol. The number of aromatic nitrogens is 3. The fourth-order valence-electron chi connectivity index (χ4n) is 3.19. The van der Waals surface area contributed by atoms with Crippen LogP contribution in [0.1, 0.15) is 37.6 Å². The fraction of sp³-hybridized carbons (Fsp3) is 0.238. The van der Waals surface area contributed by atoms with Gasteiger partial charge in [0.15, 0.2) is 0 Å². The van der Waals surface area contributed by atoms with Gasteiger partial charge in [-0.2, -0.15) is 0 Å². The highest BCUT2D eigenvalue weighted by molar-refractivity contribution is 5.97. The van der Waals surface area contributed by atoms with Gasteiger partial charge in [0.25, 0.3) is 0 Å². The molecule has 1 unspecified atom stereocenters. The van der Waals surface area contributed by atoms with Crippen molar-refractivity contribution in [1.29, 1.82) is 0 Å². The van der Waals surface area contributed by atoms with Gasteiger partial charge in [-0.1, -0.05) is 32.0 Å². The van der Waals surface area contributed by atoms with Gasteiger partial charge in [0, 0.05) is 28.7 Å². The zero-order valence-corrected chi connectivity index (χ0v) is 15.0. The van der Waals surface area contributed by atoms with Crippen LogP contribution in [-0.2, 0) is 11.2 Å². The van der Waals surface area contributed by atoms with Gasteiger partial charge in [-0.25, -0.2) is 4.98 Å². The van der Waals surface area contributed by atoms with Gasteiger partial charge in [0.1, 0.15) is 5.82 Å². The Morgan fingerprint density at radius 1 is 1.19 bits per heavy atom. The fourth-order valence-corrected chi connectivity index (χ4v) is 3.19. The van der Waals surface area contributed by atoms with Crippen LogP contribution in [0.4, 0.5) is 5.69 Å². The molecule has 0 radical (unpaired) electrons. The first-order valence-corrected chi connectivity index (χ1v) is 8.98. The molecule has 0 aliphatic rings. The van der Waals surface area contributed by atoms with Gasteiger partial charge in [-0.15, -0.1) is 0 Å². The number of amides is 1. The molecule has 2 aromatic carbocycles. The smallest absolute Gasteiger partial charge is 0.228 e. The molecule has 4 rings (SSSR count). The number of para-hydroxylation sites is 1. The third-order valence-electron chi connectivity index (χ3n) is 4.89. The molecule has 5 nitrogen and oxygen atoms in total. The lowest BCUT2D eigenvalue weighted by molar-refractivity contribution is -0.115. The van der Waals surface area contributed by atoms with Crippen LogP contribution in [0, 0.1) is 0 Å². The number of fused-ring (bicyclic) bond motifs is 2. The molecule has 1 amide bonds. The molecule has 4 aromatic rings. The van der Waals surface area contributed by atoms with Crippen LogP contribution in [0.15, 0.2) is 48.7 Å². The summed E-state index contributed by atoms with van der Waals surface area (Å²) in [5, 5.41) is 4.08. The maximum absolute atomic E-state index is 12.5. The molecule has 0 bridgehead atoms. The quantitative estimate of drug-likeness (QED) is 0.488. The monoisotopic (exact) mass is 346 g/mol. The molecule has 0 fully saturated rings. The zero-order valence-electron chi connectivity index (χ0n) is 15.0. The minimum absolute atomic E-state index is 0.0317. The van der Waals surface area contributed by atoms with Crippen molar-refractivity contribution in [3.05, 3.63) is 60.0 Å². The zero-order chi connectivity index (χ0) is 18.1. The second-order valence-electron chi connectivity index (χ2n) is 6.75. The third kappa shape index (κ3) is 3.08. The normalized spacial score (nSPS) is 12.5. The molecular formula is C21H22N4O. The lowest BCUT2D eigenvalue weighted by Gasteiger charge is -2.05. The molecule has 5 heteroatoms. The first-order valence-electron chi connectivity index (χ1n) is 8.98. The van der Waals surface area contributed by atoms with Crippen LogP contribution in [-0.4, -0.2) is 20.9 Å². The van der Waals surface area contributed by atoms with Crippen molar-refractivity contribution in [2.24, 2.45) is 0 Å². The maximum Gasteiger partial charge on any atom is 0.228 e. The number of aromatic amines is 2. The highest BCUT2D eigenvalue weighted by Gasteiger charge is 2.11. The molecule has 2 heterocycles. The van der Waals surface area contributed by atoms with Gasteiger partial charge in [-0.05, 0) is 36.2 Å². The minimum Gasteiger partial charge on any atom is -0.361 e. The molecule has 0 saturated heterocycles. The first-order chi connectivity index (χ1) is 12.6.